The molecule has 0 saturated carbocycles. The lowest BCUT2D eigenvalue weighted by Crippen LogP contribution is -2.59. The average Bonchev–Trinajstić information content (AvgIpc) is 2.45. The quantitative estimate of drug-likeness (QED) is 0.560. The molecular formula is C12H33B3O6Si3. The Morgan fingerprint density at radius 1 is 0.542 bits per heavy atom. The van der Waals surface area contributed by atoms with Crippen LogP contribution in [0.4, 0.5) is 0 Å². The molecule has 0 bridgehead atoms. The summed E-state index contributed by atoms with van der Waals surface area (Å²) in [5.74, 6) is 0. The van der Waals surface area contributed by atoms with E-state index in [2.05, 4.69) is 60.1 Å². The molecule has 0 spiro atoms. The predicted molar refractivity (Wildman–Crippen MR) is 108 cm³/mol. The minimum Gasteiger partial charge on any atom is -0.430 e. The van der Waals surface area contributed by atoms with Crippen LogP contribution in [-0.4, -0.2) is 46.9 Å². The molecule has 1 aliphatic rings. The summed E-state index contributed by atoms with van der Waals surface area (Å²) in [6.07, 6.45) is 0. The third-order valence-corrected chi connectivity index (χ3v) is 12.1. The summed E-state index contributed by atoms with van der Waals surface area (Å²) in [6, 6.07) is 2.91. The Balaban J connectivity index is 2.82. The minimum atomic E-state index is -1.85. The van der Waals surface area contributed by atoms with Gasteiger partial charge in [-0.3, -0.25) is 0 Å². The van der Waals surface area contributed by atoms with Crippen LogP contribution in [0.25, 0.3) is 0 Å². The molecule has 0 radical (unpaired) electrons. The largest absolute Gasteiger partial charge is 0.604 e. The third-order valence-electron chi connectivity index (χ3n) is 4.47. The highest BCUT2D eigenvalue weighted by Crippen LogP contribution is 2.23. The highest BCUT2D eigenvalue weighted by Gasteiger charge is 2.50. The third kappa shape index (κ3) is 7.87. The van der Waals surface area contributed by atoms with E-state index in [0.717, 1.165) is 18.1 Å². The van der Waals surface area contributed by atoms with E-state index in [4.69, 9.17) is 26.7 Å². The Morgan fingerprint density at radius 2 is 0.750 bits per heavy atom. The van der Waals surface area contributed by atoms with Crippen molar-refractivity contribution in [1.29, 1.82) is 0 Å². The van der Waals surface area contributed by atoms with E-state index >= 15 is 0 Å². The van der Waals surface area contributed by atoms with Gasteiger partial charge in [-0.25, -0.2) is 0 Å². The molecule has 1 fully saturated rings. The molecule has 0 amide bonds. The Labute approximate surface area is 152 Å². The standard InChI is InChI=1S/C12H33B3O6Si3/c1-10-22(4,5)19-13-16-14(20-23(6,7)11-2)18-15(17-13)21-24(8,9)12-3/h10-12H2,1-9H3. The van der Waals surface area contributed by atoms with Crippen LogP contribution in [0.3, 0.4) is 0 Å². The van der Waals surface area contributed by atoms with E-state index in [-0.39, 0.29) is 0 Å². The van der Waals surface area contributed by atoms with Crippen molar-refractivity contribution in [2.24, 2.45) is 0 Å². The maximum Gasteiger partial charge on any atom is 0.604 e. The molecule has 0 atom stereocenters. The topological polar surface area (TPSA) is 55.4 Å². The van der Waals surface area contributed by atoms with Gasteiger partial charge in [-0.2, -0.15) is 0 Å². The van der Waals surface area contributed by atoms with Crippen molar-refractivity contribution in [1.82, 2.24) is 0 Å². The number of hydrogen-bond donors (Lipinski definition) is 0. The molecule has 0 aromatic rings. The summed E-state index contributed by atoms with van der Waals surface area (Å²) in [6.45, 7) is 19.2. The Bertz CT molecular complexity index is 339. The Hall–Kier alpha value is 0.605. The molecule has 1 heterocycles. The van der Waals surface area contributed by atoms with E-state index in [0.29, 0.717) is 0 Å². The van der Waals surface area contributed by atoms with Gasteiger partial charge in [-0.05, 0) is 57.4 Å². The normalized spacial score (nSPS) is 17.6. The SMILES string of the molecule is CC[Si](C)(C)OB1OB(O[Si](C)(C)CC)OB(O[Si](C)(C)CC)O1. The molecule has 0 N–H and O–H groups in total. The zero-order valence-corrected chi connectivity index (χ0v) is 19.8. The highest BCUT2D eigenvalue weighted by atomic mass is 28.4. The van der Waals surface area contributed by atoms with Crippen molar-refractivity contribution in [3.63, 3.8) is 0 Å². The maximum absolute atomic E-state index is 6.07. The number of rotatable bonds is 9. The van der Waals surface area contributed by atoms with E-state index in [1.807, 2.05) is 0 Å². The first-order chi connectivity index (χ1) is 10.9. The van der Waals surface area contributed by atoms with Gasteiger partial charge >= 0.3 is 22.0 Å². The summed E-state index contributed by atoms with van der Waals surface area (Å²) in [5.41, 5.74) is 0. The van der Waals surface area contributed by atoms with Gasteiger partial charge in [-0.15, -0.1) is 0 Å². The highest BCUT2D eigenvalue weighted by molar-refractivity contribution is 6.84. The molecule has 0 aliphatic carbocycles. The van der Waals surface area contributed by atoms with Crippen molar-refractivity contribution >= 4 is 46.9 Å². The van der Waals surface area contributed by atoms with E-state index in [9.17, 15) is 0 Å². The maximum atomic E-state index is 6.07. The van der Waals surface area contributed by atoms with Crippen LogP contribution in [-0.2, 0) is 26.7 Å². The van der Waals surface area contributed by atoms with Gasteiger partial charge in [-0.1, -0.05) is 20.8 Å². The van der Waals surface area contributed by atoms with E-state index < -0.39 is 46.9 Å². The van der Waals surface area contributed by atoms with E-state index in [1.54, 1.807) is 0 Å². The molecule has 1 aliphatic heterocycles. The second-order valence-electron chi connectivity index (χ2n) is 7.97. The summed E-state index contributed by atoms with van der Waals surface area (Å²) in [5, 5.41) is 0. The van der Waals surface area contributed by atoms with Crippen molar-refractivity contribution in [2.45, 2.75) is 78.2 Å². The van der Waals surface area contributed by atoms with E-state index in [1.165, 1.54) is 0 Å². The van der Waals surface area contributed by atoms with Gasteiger partial charge in [0.05, 0.1) is 0 Å². The molecule has 24 heavy (non-hydrogen) atoms. The molecule has 0 unspecified atom stereocenters. The monoisotopic (exact) mass is 390 g/mol. The lowest BCUT2D eigenvalue weighted by Gasteiger charge is -2.36. The fraction of sp³-hybridized carbons (Fsp3) is 1.00. The fourth-order valence-corrected chi connectivity index (χ4v) is 3.96. The minimum absolute atomic E-state index is 0.807. The van der Waals surface area contributed by atoms with Gasteiger partial charge in [0.25, 0.3) is 0 Å². The smallest absolute Gasteiger partial charge is 0.430 e. The average molecular weight is 390 g/mol. The fourth-order valence-electron chi connectivity index (χ4n) is 1.57. The first kappa shape index (κ1) is 22.6. The zero-order valence-electron chi connectivity index (χ0n) is 16.8. The van der Waals surface area contributed by atoms with Crippen LogP contribution >= 0.6 is 0 Å². The molecule has 1 rings (SSSR count). The van der Waals surface area contributed by atoms with Gasteiger partial charge in [0, 0.05) is 0 Å². The first-order valence-corrected chi connectivity index (χ1v) is 18.3. The van der Waals surface area contributed by atoms with Crippen molar-refractivity contribution < 1.29 is 26.7 Å². The zero-order chi connectivity index (χ0) is 18.6. The van der Waals surface area contributed by atoms with Crippen LogP contribution < -0.4 is 0 Å². The predicted octanol–water partition coefficient (Wildman–Crippen LogP) is 3.73. The van der Waals surface area contributed by atoms with Gasteiger partial charge < -0.3 is 26.7 Å². The van der Waals surface area contributed by atoms with Crippen LogP contribution in [0, 0.1) is 0 Å². The van der Waals surface area contributed by atoms with Gasteiger partial charge in [0.2, 0.25) is 0 Å². The van der Waals surface area contributed by atoms with Crippen LogP contribution in [0.15, 0.2) is 0 Å². The van der Waals surface area contributed by atoms with Crippen LogP contribution in [0.5, 0.6) is 0 Å². The van der Waals surface area contributed by atoms with Crippen LogP contribution in [0.1, 0.15) is 20.8 Å². The molecule has 138 valence electrons. The van der Waals surface area contributed by atoms with Gasteiger partial charge in [0.1, 0.15) is 0 Å². The van der Waals surface area contributed by atoms with Crippen molar-refractivity contribution in [3.8, 4) is 0 Å². The second kappa shape index (κ2) is 9.00. The lowest BCUT2D eigenvalue weighted by atomic mass is 9.98. The summed E-state index contributed by atoms with van der Waals surface area (Å²) < 4.78 is 35.5. The second-order valence-corrected chi connectivity index (χ2v) is 21.4. The molecule has 12 heteroatoms. The Morgan fingerprint density at radius 3 is 0.917 bits per heavy atom. The molecule has 1 saturated heterocycles. The summed E-state index contributed by atoms with van der Waals surface area (Å²) >= 11 is 0. The summed E-state index contributed by atoms with van der Waals surface area (Å²) in [7, 11) is -7.98. The molecule has 6 nitrogen and oxygen atoms in total. The number of hydrogen-bond acceptors (Lipinski definition) is 6. The summed E-state index contributed by atoms with van der Waals surface area (Å²) in [4.78, 5) is 0. The van der Waals surface area contributed by atoms with Gasteiger partial charge in [0.15, 0.2) is 25.0 Å². The molecule has 0 aromatic heterocycles. The lowest BCUT2D eigenvalue weighted by molar-refractivity contribution is 0.141. The first-order valence-electron chi connectivity index (χ1n) is 8.92. The van der Waals surface area contributed by atoms with Crippen molar-refractivity contribution in [2.75, 3.05) is 0 Å². The molecular weight excluding hydrogens is 357 g/mol. The molecule has 0 aromatic carbocycles. The Kier molecular flexibility index (Phi) is 8.49. The van der Waals surface area contributed by atoms with Crippen LogP contribution in [0.2, 0.25) is 57.4 Å². The van der Waals surface area contributed by atoms with Crippen molar-refractivity contribution in [3.05, 3.63) is 0 Å².